The van der Waals surface area contributed by atoms with E-state index in [1.807, 2.05) is 0 Å². The molecule has 0 heterocycles. The fraction of sp³-hybridized carbons (Fsp3) is 0.125. The Morgan fingerprint density at radius 3 is 2.29 bits per heavy atom. The van der Waals surface area contributed by atoms with Crippen molar-refractivity contribution in [3.63, 3.8) is 0 Å². The lowest BCUT2D eigenvalue weighted by Gasteiger charge is -2.05. The summed E-state index contributed by atoms with van der Waals surface area (Å²) in [5, 5.41) is 0. The summed E-state index contributed by atoms with van der Waals surface area (Å²) in [5.41, 5.74) is 0.912. The highest BCUT2D eigenvalue weighted by molar-refractivity contribution is 5.94. The minimum atomic E-state index is -1.03. The van der Waals surface area contributed by atoms with Gasteiger partial charge in [0.2, 0.25) is 0 Å². The van der Waals surface area contributed by atoms with Gasteiger partial charge in [0.15, 0.2) is 0 Å². The average molecular weight is 202 g/mol. The Kier molecular flexibility index (Phi) is 2.98. The van der Waals surface area contributed by atoms with Gasteiger partial charge in [0.25, 0.3) is 5.91 Å². The van der Waals surface area contributed by atoms with Gasteiger partial charge in [0.05, 0.1) is 7.11 Å². The third kappa shape index (κ3) is 1.80. The number of halogens is 2. The molecule has 0 aliphatic carbocycles. The predicted octanol–water partition coefficient (Wildman–Crippen LogP) is 0.577. The summed E-state index contributed by atoms with van der Waals surface area (Å²) in [6.07, 6.45) is 0. The number of ether oxygens (including phenoxy) is 1. The second kappa shape index (κ2) is 4.01. The van der Waals surface area contributed by atoms with Crippen molar-refractivity contribution in [3.05, 3.63) is 29.3 Å². The molecule has 0 saturated heterocycles. The Morgan fingerprint density at radius 2 is 1.93 bits per heavy atom. The quantitative estimate of drug-likeness (QED) is 0.419. The lowest BCUT2D eigenvalue weighted by atomic mass is 10.2. The molecule has 0 saturated carbocycles. The van der Waals surface area contributed by atoms with E-state index in [0.29, 0.717) is 0 Å². The molecule has 1 amide bonds. The summed E-state index contributed by atoms with van der Waals surface area (Å²) in [7, 11) is 1.26. The first-order valence-electron chi connectivity index (χ1n) is 3.64. The SMILES string of the molecule is COc1cc(F)c(C(=O)NN)c(F)c1. The van der Waals surface area contributed by atoms with Crippen LogP contribution in [0, 0.1) is 11.6 Å². The Labute approximate surface area is 78.6 Å². The number of hydrazine groups is 1. The molecule has 0 fully saturated rings. The summed E-state index contributed by atoms with van der Waals surface area (Å²) >= 11 is 0. The van der Waals surface area contributed by atoms with Crippen LogP contribution in [0.15, 0.2) is 12.1 Å². The molecule has 1 aromatic carbocycles. The van der Waals surface area contributed by atoms with Crippen molar-refractivity contribution in [2.75, 3.05) is 7.11 Å². The topological polar surface area (TPSA) is 64.3 Å². The van der Waals surface area contributed by atoms with Crippen LogP contribution in [-0.2, 0) is 0 Å². The number of carbonyl (C=O) groups excluding carboxylic acids is 1. The fourth-order valence-corrected chi connectivity index (χ4v) is 0.957. The second-order valence-electron chi connectivity index (χ2n) is 2.44. The van der Waals surface area contributed by atoms with Gasteiger partial charge < -0.3 is 4.74 Å². The molecule has 0 unspecified atom stereocenters. The van der Waals surface area contributed by atoms with Crippen LogP contribution in [0.2, 0.25) is 0 Å². The summed E-state index contributed by atoms with van der Waals surface area (Å²) in [6, 6.07) is 1.79. The van der Waals surface area contributed by atoms with Crippen LogP contribution in [0.1, 0.15) is 10.4 Å². The van der Waals surface area contributed by atoms with E-state index >= 15 is 0 Å². The number of nitrogens with two attached hydrogens (primary N) is 1. The van der Waals surface area contributed by atoms with Crippen molar-refractivity contribution < 1.29 is 18.3 Å². The molecule has 6 heteroatoms. The third-order valence-electron chi connectivity index (χ3n) is 1.61. The summed E-state index contributed by atoms with van der Waals surface area (Å²) < 4.78 is 30.8. The molecule has 3 N–H and O–H groups in total. The van der Waals surface area contributed by atoms with Crippen LogP contribution in [0.25, 0.3) is 0 Å². The maximum absolute atomic E-state index is 13.1. The third-order valence-corrected chi connectivity index (χ3v) is 1.61. The lowest BCUT2D eigenvalue weighted by molar-refractivity contribution is 0.0945. The van der Waals surface area contributed by atoms with Gasteiger partial charge in [-0.3, -0.25) is 10.2 Å². The van der Waals surface area contributed by atoms with E-state index in [4.69, 9.17) is 5.84 Å². The van der Waals surface area contributed by atoms with Gasteiger partial charge in [-0.25, -0.2) is 14.6 Å². The molecule has 1 aromatic rings. The highest BCUT2D eigenvalue weighted by Crippen LogP contribution is 2.19. The Morgan fingerprint density at radius 1 is 1.43 bits per heavy atom. The van der Waals surface area contributed by atoms with Gasteiger partial charge in [-0.15, -0.1) is 0 Å². The number of hydrogen-bond donors (Lipinski definition) is 2. The zero-order chi connectivity index (χ0) is 10.7. The summed E-state index contributed by atoms with van der Waals surface area (Å²) in [4.78, 5) is 10.9. The molecule has 0 aliphatic heterocycles. The second-order valence-corrected chi connectivity index (χ2v) is 2.44. The Bertz CT molecular complexity index is 345. The highest BCUT2D eigenvalue weighted by atomic mass is 19.1. The molecule has 14 heavy (non-hydrogen) atoms. The van der Waals surface area contributed by atoms with E-state index in [-0.39, 0.29) is 5.75 Å². The number of hydrogen-bond acceptors (Lipinski definition) is 3. The maximum Gasteiger partial charge on any atom is 0.271 e. The van der Waals surface area contributed by atoms with E-state index in [9.17, 15) is 13.6 Å². The predicted molar refractivity (Wildman–Crippen MR) is 44.6 cm³/mol. The molecule has 0 radical (unpaired) electrons. The number of nitrogens with one attached hydrogen (secondary N) is 1. The molecule has 1 rings (SSSR count). The molecule has 76 valence electrons. The molecule has 0 bridgehead atoms. The fourth-order valence-electron chi connectivity index (χ4n) is 0.957. The summed E-state index contributed by atoms with van der Waals surface area (Å²) in [6.45, 7) is 0. The van der Waals surface area contributed by atoms with Crippen molar-refractivity contribution in [3.8, 4) is 5.75 Å². The monoisotopic (exact) mass is 202 g/mol. The highest BCUT2D eigenvalue weighted by Gasteiger charge is 2.17. The van der Waals surface area contributed by atoms with Crippen molar-refractivity contribution in [2.45, 2.75) is 0 Å². The van der Waals surface area contributed by atoms with Crippen molar-refractivity contribution in [1.82, 2.24) is 5.43 Å². The minimum Gasteiger partial charge on any atom is -0.497 e. The van der Waals surface area contributed by atoms with Gasteiger partial charge in [0, 0.05) is 12.1 Å². The molecular weight excluding hydrogens is 194 g/mol. The van der Waals surface area contributed by atoms with Crippen molar-refractivity contribution >= 4 is 5.91 Å². The van der Waals surface area contributed by atoms with Crippen LogP contribution in [-0.4, -0.2) is 13.0 Å². The largest absolute Gasteiger partial charge is 0.497 e. The molecular formula is C8H8F2N2O2. The van der Waals surface area contributed by atoms with E-state index in [1.54, 1.807) is 5.43 Å². The van der Waals surface area contributed by atoms with E-state index < -0.39 is 23.1 Å². The zero-order valence-electron chi connectivity index (χ0n) is 7.30. The van der Waals surface area contributed by atoms with Gasteiger partial charge in [-0.05, 0) is 0 Å². The first-order chi connectivity index (χ1) is 6.60. The number of benzene rings is 1. The smallest absolute Gasteiger partial charge is 0.271 e. The van der Waals surface area contributed by atoms with Gasteiger partial charge in [-0.1, -0.05) is 0 Å². The van der Waals surface area contributed by atoms with Crippen LogP contribution in [0.5, 0.6) is 5.75 Å². The standard InChI is InChI=1S/C8H8F2N2O2/c1-14-4-2-5(9)7(6(10)3-4)8(13)12-11/h2-3H,11H2,1H3,(H,12,13). The maximum atomic E-state index is 13.1. The van der Waals surface area contributed by atoms with Crippen LogP contribution in [0.3, 0.4) is 0 Å². The molecule has 4 nitrogen and oxygen atoms in total. The molecule has 0 atom stereocenters. The zero-order valence-corrected chi connectivity index (χ0v) is 7.30. The Balaban J connectivity index is 3.25. The van der Waals surface area contributed by atoms with Gasteiger partial charge >= 0.3 is 0 Å². The van der Waals surface area contributed by atoms with Crippen molar-refractivity contribution in [1.29, 1.82) is 0 Å². The average Bonchev–Trinajstić information content (AvgIpc) is 2.16. The van der Waals surface area contributed by atoms with E-state index in [1.165, 1.54) is 7.11 Å². The van der Waals surface area contributed by atoms with Crippen LogP contribution in [0.4, 0.5) is 8.78 Å². The first kappa shape index (κ1) is 10.4. The van der Waals surface area contributed by atoms with Crippen LogP contribution >= 0.6 is 0 Å². The number of amides is 1. The van der Waals surface area contributed by atoms with E-state index in [2.05, 4.69) is 4.74 Å². The Hall–Kier alpha value is -1.69. The number of methoxy groups -OCH3 is 1. The number of nitrogen functional groups attached to an aromatic ring is 1. The van der Waals surface area contributed by atoms with Crippen LogP contribution < -0.4 is 16.0 Å². The first-order valence-corrected chi connectivity index (χ1v) is 3.64. The summed E-state index contributed by atoms with van der Waals surface area (Å²) in [5.74, 6) is 1.67. The normalized spacial score (nSPS) is 9.71. The minimum absolute atomic E-state index is 0.00595. The number of carbonyl (C=O) groups is 1. The molecule has 0 aromatic heterocycles. The molecule has 0 spiro atoms. The lowest BCUT2D eigenvalue weighted by Crippen LogP contribution is -2.31. The number of rotatable bonds is 2. The van der Waals surface area contributed by atoms with Gasteiger partial charge in [-0.2, -0.15) is 0 Å². The van der Waals surface area contributed by atoms with Crippen molar-refractivity contribution in [2.24, 2.45) is 5.84 Å². The van der Waals surface area contributed by atoms with E-state index in [0.717, 1.165) is 12.1 Å². The van der Waals surface area contributed by atoms with Gasteiger partial charge in [0.1, 0.15) is 22.9 Å². The molecule has 0 aliphatic rings.